The first-order valence-electron chi connectivity index (χ1n) is 7.54. The third kappa shape index (κ3) is 4.02. The van der Waals surface area contributed by atoms with E-state index in [4.69, 9.17) is 4.74 Å². The van der Waals surface area contributed by atoms with Crippen LogP contribution in [0.15, 0.2) is 0 Å². The quantitative estimate of drug-likeness (QED) is 0.829. The molecule has 3 aliphatic rings. The summed E-state index contributed by atoms with van der Waals surface area (Å²) < 4.78 is 5.64. The highest BCUT2D eigenvalue weighted by Crippen LogP contribution is 2.29. The molecule has 0 bridgehead atoms. The van der Waals surface area contributed by atoms with Gasteiger partial charge in [0, 0.05) is 39.3 Å². The fraction of sp³-hybridized carbons (Fsp3) is 0.929. The van der Waals surface area contributed by atoms with Crippen LogP contribution >= 0.6 is 24.8 Å². The molecule has 2 heterocycles. The number of amides is 1. The van der Waals surface area contributed by atoms with Gasteiger partial charge >= 0.3 is 0 Å². The summed E-state index contributed by atoms with van der Waals surface area (Å²) in [5.74, 6) is 0.215. The Morgan fingerprint density at radius 1 is 1.10 bits per heavy atom. The largest absolute Gasteiger partial charge is 0.368 e. The molecule has 1 aliphatic carbocycles. The molecule has 21 heavy (non-hydrogen) atoms. The van der Waals surface area contributed by atoms with Crippen molar-refractivity contribution in [2.75, 3.05) is 46.4 Å². The fourth-order valence-electron chi connectivity index (χ4n) is 3.35. The number of carbonyl (C=O) groups is 1. The van der Waals surface area contributed by atoms with Crippen molar-refractivity contribution in [1.82, 2.24) is 15.1 Å². The van der Waals surface area contributed by atoms with E-state index in [1.54, 1.807) is 7.11 Å². The van der Waals surface area contributed by atoms with E-state index in [1.165, 1.54) is 12.8 Å². The minimum atomic E-state index is -0.562. The van der Waals surface area contributed by atoms with Gasteiger partial charge in [0.15, 0.2) is 0 Å². The average Bonchev–Trinajstić information content (AvgIpc) is 3.32. The zero-order valence-corrected chi connectivity index (χ0v) is 14.3. The lowest BCUT2D eigenvalue weighted by Crippen LogP contribution is -2.59. The van der Waals surface area contributed by atoms with Crippen LogP contribution in [-0.2, 0) is 9.53 Å². The van der Waals surface area contributed by atoms with Crippen LogP contribution in [0, 0.1) is 0 Å². The maximum Gasteiger partial charge on any atom is 0.254 e. The molecule has 3 rings (SSSR count). The van der Waals surface area contributed by atoms with Gasteiger partial charge in [-0.2, -0.15) is 0 Å². The summed E-state index contributed by atoms with van der Waals surface area (Å²) in [4.78, 5) is 17.3. The van der Waals surface area contributed by atoms with Crippen molar-refractivity contribution in [3.05, 3.63) is 0 Å². The molecule has 0 atom stereocenters. The maximum atomic E-state index is 12.8. The molecule has 2 aliphatic heterocycles. The van der Waals surface area contributed by atoms with E-state index in [2.05, 4.69) is 10.2 Å². The molecule has 0 aromatic heterocycles. The standard InChI is InChI=1S/C14H25N3O2.2ClH/c1-19-14(4-6-15-7-5-14)13(18)17-10-8-16(9-11-17)12-2-3-12;;/h12,15H,2-11H2,1H3;2*1H. The Kier molecular flexibility index (Phi) is 7.20. The zero-order chi connectivity index (χ0) is 13.3. The van der Waals surface area contributed by atoms with Gasteiger partial charge in [0.2, 0.25) is 0 Å². The summed E-state index contributed by atoms with van der Waals surface area (Å²) >= 11 is 0. The molecular formula is C14H27Cl2N3O2. The molecule has 0 aromatic rings. The molecule has 1 amide bonds. The van der Waals surface area contributed by atoms with Gasteiger partial charge < -0.3 is 15.0 Å². The molecule has 2 saturated heterocycles. The van der Waals surface area contributed by atoms with E-state index in [0.29, 0.717) is 0 Å². The highest BCUT2D eigenvalue weighted by atomic mass is 35.5. The van der Waals surface area contributed by atoms with Gasteiger partial charge in [0.1, 0.15) is 5.60 Å². The van der Waals surface area contributed by atoms with Gasteiger partial charge in [-0.25, -0.2) is 0 Å². The van der Waals surface area contributed by atoms with Crippen molar-refractivity contribution >= 4 is 30.7 Å². The van der Waals surface area contributed by atoms with Crippen LogP contribution in [0.5, 0.6) is 0 Å². The molecule has 1 N–H and O–H groups in total. The zero-order valence-electron chi connectivity index (χ0n) is 12.7. The number of methoxy groups -OCH3 is 1. The third-order valence-electron chi connectivity index (χ3n) is 4.86. The lowest BCUT2D eigenvalue weighted by atomic mass is 9.90. The Bertz CT molecular complexity index is 339. The molecule has 5 nitrogen and oxygen atoms in total. The molecule has 7 heteroatoms. The van der Waals surface area contributed by atoms with Crippen LogP contribution < -0.4 is 5.32 Å². The lowest BCUT2D eigenvalue weighted by molar-refractivity contribution is -0.160. The van der Waals surface area contributed by atoms with Crippen molar-refractivity contribution in [2.24, 2.45) is 0 Å². The summed E-state index contributed by atoms with van der Waals surface area (Å²) in [6, 6.07) is 0.813. The van der Waals surface area contributed by atoms with Crippen molar-refractivity contribution in [3.8, 4) is 0 Å². The highest BCUT2D eigenvalue weighted by molar-refractivity contribution is 5.86. The monoisotopic (exact) mass is 339 g/mol. The number of ether oxygens (including phenoxy) is 1. The SMILES string of the molecule is COC1(C(=O)N2CCN(C3CC3)CC2)CCNCC1.Cl.Cl. The maximum absolute atomic E-state index is 12.8. The highest BCUT2D eigenvalue weighted by Gasteiger charge is 2.43. The van der Waals surface area contributed by atoms with Crippen molar-refractivity contribution in [3.63, 3.8) is 0 Å². The molecule has 0 aromatic carbocycles. The third-order valence-corrected chi connectivity index (χ3v) is 4.86. The molecule has 0 spiro atoms. The fourth-order valence-corrected chi connectivity index (χ4v) is 3.35. The second kappa shape index (κ2) is 7.97. The van der Waals surface area contributed by atoms with Crippen LogP contribution in [-0.4, -0.2) is 73.7 Å². The molecule has 124 valence electrons. The molecule has 0 radical (unpaired) electrons. The summed E-state index contributed by atoms with van der Waals surface area (Å²) in [6.45, 7) is 5.56. The van der Waals surface area contributed by atoms with Gasteiger partial charge in [-0.15, -0.1) is 24.8 Å². The van der Waals surface area contributed by atoms with E-state index in [9.17, 15) is 4.79 Å². The topological polar surface area (TPSA) is 44.8 Å². The van der Waals surface area contributed by atoms with Gasteiger partial charge in [0.05, 0.1) is 0 Å². The average molecular weight is 340 g/mol. The van der Waals surface area contributed by atoms with E-state index in [-0.39, 0.29) is 30.7 Å². The molecular weight excluding hydrogens is 313 g/mol. The van der Waals surface area contributed by atoms with Crippen LogP contribution in [0.2, 0.25) is 0 Å². The summed E-state index contributed by atoms with van der Waals surface area (Å²) in [6.07, 6.45) is 4.29. The molecule has 1 saturated carbocycles. The van der Waals surface area contributed by atoms with Crippen molar-refractivity contribution in [1.29, 1.82) is 0 Å². The van der Waals surface area contributed by atoms with Gasteiger partial charge in [-0.1, -0.05) is 0 Å². The van der Waals surface area contributed by atoms with Crippen LogP contribution in [0.1, 0.15) is 25.7 Å². The molecule has 3 fully saturated rings. The van der Waals surface area contributed by atoms with Crippen LogP contribution in [0.4, 0.5) is 0 Å². The van der Waals surface area contributed by atoms with Gasteiger partial charge in [-0.05, 0) is 38.8 Å². The first-order valence-corrected chi connectivity index (χ1v) is 7.54. The first-order chi connectivity index (χ1) is 9.25. The Morgan fingerprint density at radius 3 is 2.14 bits per heavy atom. The number of hydrogen-bond acceptors (Lipinski definition) is 4. The number of hydrogen-bond donors (Lipinski definition) is 1. The second-order valence-electron chi connectivity index (χ2n) is 6.01. The number of piperidine rings is 1. The first kappa shape index (κ1) is 19.0. The summed E-state index contributed by atoms with van der Waals surface area (Å²) in [7, 11) is 1.68. The Hall–Kier alpha value is -0.0700. The van der Waals surface area contributed by atoms with Crippen LogP contribution in [0.3, 0.4) is 0 Å². The van der Waals surface area contributed by atoms with E-state index in [1.807, 2.05) is 4.90 Å². The Labute approximate surface area is 139 Å². The predicted octanol–water partition coefficient (Wildman–Crippen LogP) is 0.905. The summed E-state index contributed by atoms with van der Waals surface area (Å²) in [5, 5.41) is 3.30. The summed E-state index contributed by atoms with van der Waals surface area (Å²) in [5.41, 5.74) is -0.562. The molecule has 0 unspecified atom stereocenters. The van der Waals surface area contributed by atoms with Crippen molar-refractivity contribution < 1.29 is 9.53 Å². The second-order valence-corrected chi connectivity index (χ2v) is 6.01. The number of halogens is 2. The minimum absolute atomic E-state index is 0. The lowest BCUT2D eigenvalue weighted by Gasteiger charge is -2.42. The normalized spacial score (nSPS) is 25.7. The van der Waals surface area contributed by atoms with E-state index >= 15 is 0 Å². The van der Waals surface area contributed by atoms with E-state index in [0.717, 1.165) is 58.2 Å². The smallest absolute Gasteiger partial charge is 0.254 e. The Balaban J connectivity index is 0.00000110. The Morgan fingerprint density at radius 2 is 1.67 bits per heavy atom. The number of nitrogens with one attached hydrogen (secondary N) is 1. The number of carbonyl (C=O) groups excluding carboxylic acids is 1. The number of rotatable bonds is 3. The minimum Gasteiger partial charge on any atom is -0.368 e. The predicted molar refractivity (Wildman–Crippen MR) is 87.5 cm³/mol. The number of nitrogens with zero attached hydrogens (tertiary/aromatic N) is 2. The van der Waals surface area contributed by atoms with Gasteiger partial charge in [0.25, 0.3) is 5.91 Å². The number of piperazine rings is 1. The van der Waals surface area contributed by atoms with Gasteiger partial charge in [-0.3, -0.25) is 9.69 Å². The van der Waals surface area contributed by atoms with Crippen molar-refractivity contribution in [2.45, 2.75) is 37.3 Å². The van der Waals surface area contributed by atoms with E-state index < -0.39 is 5.60 Å². The van der Waals surface area contributed by atoms with Crippen LogP contribution in [0.25, 0.3) is 0 Å².